The molecule has 5 nitrogen and oxygen atoms in total. The lowest BCUT2D eigenvalue weighted by molar-refractivity contribution is -0.137. The molecule has 0 spiro atoms. The molecular formula is C21H18F3N3O2. The van der Waals surface area contributed by atoms with Crippen molar-refractivity contribution < 1.29 is 22.8 Å². The number of nitrogens with zero attached hydrogens (tertiary/aromatic N) is 2. The zero-order valence-corrected chi connectivity index (χ0v) is 15.4. The van der Waals surface area contributed by atoms with Crippen LogP contribution in [0, 0.1) is 5.92 Å². The zero-order chi connectivity index (χ0) is 20.6. The van der Waals surface area contributed by atoms with Crippen molar-refractivity contribution in [1.82, 2.24) is 0 Å². The lowest BCUT2D eigenvalue weighted by atomic mass is 10.1. The highest BCUT2D eigenvalue weighted by atomic mass is 19.4. The highest BCUT2D eigenvalue weighted by Crippen LogP contribution is 2.37. The van der Waals surface area contributed by atoms with Crippen molar-refractivity contribution in [2.24, 2.45) is 10.9 Å². The Morgan fingerprint density at radius 2 is 1.86 bits per heavy atom. The summed E-state index contributed by atoms with van der Waals surface area (Å²) < 4.78 is 38.0. The SMILES string of the molecule is O=C(CN1C(=O)C2CCCC2=Nc2ccccc21)Nc1ccc(C(F)(F)F)cc1. The molecule has 1 fully saturated rings. The van der Waals surface area contributed by atoms with E-state index < -0.39 is 17.6 Å². The number of fused-ring (bicyclic) bond motifs is 2. The van der Waals surface area contributed by atoms with Gasteiger partial charge in [-0.2, -0.15) is 13.2 Å². The first-order valence-corrected chi connectivity index (χ1v) is 9.28. The van der Waals surface area contributed by atoms with Crippen molar-refractivity contribution in [2.75, 3.05) is 16.8 Å². The molecule has 1 N–H and O–H groups in total. The minimum absolute atomic E-state index is 0.172. The van der Waals surface area contributed by atoms with Gasteiger partial charge in [-0.15, -0.1) is 0 Å². The normalized spacial score (nSPS) is 18.6. The number of alkyl halides is 3. The van der Waals surface area contributed by atoms with Crippen LogP contribution >= 0.6 is 0 Å². The Kier molecular flexibility index (Phi) is 4.86. The Morgan fingerprint density at radius 3 is 2.59 bits per heavy atom. The second kappa shape index (κ2) is 7.35. The summed E-state index contributed by atoms with van der Waals surface area (Å²) in [7, 11) is 0. The van der Waals surface area contributed by atoms with Gasteiger partial charge in [-0.3, -0.25) is 14.6 Å². The summed E-state index contributed by atoms with van der Waals surface area (Å²) in [5.74, 6) is -0.996. The third-order valence-electron chi connectivity index (χ3n) is 5.13. The maximum absolute atomic E-state index is 13.1. The summed E-state index contributed by atoms with van der Waals surface area (Å²) in [5.41, 5.74) is 1.48. The Hall–Kier alpha value is -3.16. The molecule has 0 bridgehead atoms. The van der Waals surface area contributed by atoms with Crippen LogP contribution in [0.3, 0.4) is 0 Å². The molecule has 8 heteroatoms. The largest absolute Gasteiger partial charge is 0.416 e. The van der Waals surface area contributed by atoms with E-state index in [1.807, 2.05) is 6.07 Å². The fourth-order valence-electron chi connectivity index (χ4n) is 3.73. The first-order valence-electron chi connectivity index (χ1n) is 9.28. The smallest absolute Gasteiger partial charge is 0.325 e. The lowest BCUT2D eigenvalue weighted by Gasteiger charge is -2.24. The van der Waals surface area contributed by atoms with E-state index in [2.05, 4.69) is 10.3 Å². The molecule has 1 aliphatic carbocycles. The Labute approximate surface area is 165 Å². The van der Waals surface area contributed by atoms with Crippen molar-refractivity contribution in [3.8, 4) is 0 Å². The van der Waals surface area contributed by atoms with Crippen LogP contribution in [0.5, 0.6) is 0 Å². The molecule has 0 aromatic heterocycles. The molecule has 1 saturated carbocycles. The van der Waals surface area contributed by atoms with Crippen molar-refractivity contribution in [2.45, 2.75) is 25.4 Å². The van der Waals surface area contributed by atoms with E-state index in [1.54, 1.807) is 18.2 Å². The number of nitrogens with one attached hydrogen (secondary N) is 1. The molecule has 1 aliphatic heterocycles. The number of carbonyl (C=O) groups is 2. The van der Waals surface area contributed by atoms with Crippen molar-refractivity contribution in [3.05, 3.63) is 54.1 Å². The molecule has 2 aromatic carbocycles. The number of aliphatic imine (C=N–C) groups is 1. The quantitative estimate of drug-likeness (QED) is 0.819. The van der Waals surface area contributed by atoms with Crippen LogP contribution in [0.4, 0.5) is 30.2 Å². The average Bonchev–Trinajstić information content (AvgIpc) is 3.10. The summed E-state index contributed by atoms with van der Waals surface area (Å²) in [6.07, 6.45) is -2.11. The van der Waals surface area contributed by atoms with Gasteiger partial charge in [-0.25, -0.2) is 0 Å². The monoisotopic (exact) mass is 401 g/mol. The topological polar surface area (TPSA) is 61.8 Å². The maximum atomic E-state index is 13.1. The molecule has 1 atom stereocenters. The number of anilines is 2. The minimum Gasteiger partial charge on any atom is -0.325 e. The maximum Gasteiger partial charge on any atom is 0.416 e. The van der Waals surface area contributed by atoms with Gasteiger partial charge in [0.15, 0.2) is 0 Å². The molecule has 4 rings (SSSR count). The molecular weight excluding hydrogens is 383 g/mol. The number of amides is 2. The molecule has 0 radical (unpaired) electrons. The zero-order valence-electron chi connectivity index (χ0n) is 15.4. The first kappa shape index (κ1) is 19.2. The Morgan fingerprint density at radius 1 is 1.14 bits per heavy atom. The van der Waals surface area contributed by atoms with Gasteiger partial charge in [0, 0.05) is 11.4 Å². The van der Waals surface area contributed by atoms with Gasteiger partial charge in [-0.1, -0.05) is 12.1 Å². The summed E-state index contributed by atoms with van der Waals surface area (Å²) >= 11 is 0. The average molecular weight is 401 g/mol. The van der Waals surface area contributed by atoms with Crippen molar-refractivity contribution >= 4 is 34.6 Å². The van der Waals surface area contributed by atoms with Crippen molar-refractivity contribution in [1.29, 1.82) is 0 Å². The van der Waals surface area contributed by atoms with Gasteiger partial charge in [-0.05, 0) is 55.7 Å². The summed E-state index contributed by atoms with van der Waals surface area (Å²) in [6.45, 7) is -0.240. The lowest BCUT2D eigenvalue weighted by Crippen LogP contribution is -2.41. The van der Waals surface area contributed by atoms with E-state index in [0.717, 1.165) is 30.7 Å². The van der Waals surface area contributed by atoms with E-state index in [4.69, 9.17) is 0 Å². The van der Waals surface area contributed by atoms with E-state index in [9.17, 15) is 22.8 Å². The molecule has 1 heterocycles. The van der Waals surface area contributed by atoms with E-state index in [0.29, 0.717) is 17.8 Å². The van der Waals surface area contributed by atoms with Crippen LogP contribution in [0.2, 0.25) is 0 Å². The number of hydrogen-bond acceptors (Lipinski definition) is 3. The Balaban J connectivity index is 1.54. The van der Waals surface area contributed by atoms with Crippen LogP contribution in [-0.2, 0) is 15.8 Å². The predicted molar refractivity (Wildman–Crippen MR) is 103 cm³/mol. The number of carbonyl (C=O) groups excluding carboxylic acids is 2. The number of benzene rings is 2. The van der Waals surface area contributed by atoms with Gasteiger partial charge in [0.05, 0.1) is 22.9 Å². The van der Waals surface area contributed by atoms with Gasteiger partial charge < -0.3 is 10.2 Å². The molecule has 2 aromatic rings. The van der Waals surface area contributed by atoms with Gasteiger partial charge >= 0.3 is 6.18 Å². The summed E-state index contributed by atoms with van der Waals surface area (Å²) in [6, 6.07) is 11.3. The third kappa shape index (κ3) is 3.87. The van der Waals surface area contributed by atoms with Crippen LogP contribution in [0.25, 0.3) is 0 Å². The van der Waals surface area contributed by atoms with Gasteiger partial charge in [0.1, 0.15) is 6.54 Å². The van der Waals surface area contributed by atoms with E-state index in [-0.39, 0.29) is 24.1 Å². The van der Waals surface area contributed by atoms with Gasteiger partial charge in [0.25, 0.3) is 0 Å². The Bertz CT molecular complexity index is 983. The molecule has 150 valence electrons. The van der Waals surface area contributed by atoms with Crippen LogP contribution in [-0.4, -0.2) is 24.1 Å². The first-order chi connectivity index (χ1) is 13.8. The van der Waals surface area contributed by atoms with Gasteiger partial charge in [0.2, 0.25) is 11.8 Å². The fourth-order valence-corrected chi connectivity index (χ4v) is 3.73. The predicted octanol–water partition coefficient (Wildman–Crippen LogP) is 4.56. The van der Waals surface area contributed by atoms with Crippen LogP contribution < -0.4 is 10.2 Å². The standard InChI is InChI=1S/C21H18F3N3O2/c22-21(23,24)13-8-10-14(11-9-13)25-19(28)12-27-18-7-2-1-5-17(18)26-16-6-3-4-15(16)20(27)29/h1-2,5,7-11,15H,3-4,6,12H2,(H,25,28). The second-order valence-corrected chi connectivity index (χ2v) is 7.08. The highest BCUT2D eigenvalue weighted by Gasteiger charge is 2.37. The molecule has 2 aliphatic rings. The third-order valence-corrected chi connectivity index (χ3v) is 5.13. The van der Waals surface area contributed by atoms with Crippen LogP contribution in [0.15, 0.2) is 53.5 Å². The van der Waals surface area contributed by atoms with Crippen LogP contribution in [0.1, 0.15) is 24.8 Å². The van der Waals surface area contributed by atoms with E-state index in [1.165, 1.54) is 17.0 Å². The number of halogens is 3. The fraction of sp³-hybridized carbons (Fsp3) is 0.286. The summed E-state index contributed by atoms with van der Waals surface area (Å²) in [5, 5.41) is 2.56. The number of para-hydroxylation sites is 2. The summed E-state index contributed by atoms with van der Waals surface area (Å²) in [4.78, 5) is 31.7. The highest BCUT2D eigenvalue weighted by molar-refractivity contribution is 6.16. The molecule has 2 amide bonds. The molecule has 29 heavy (non-hydrogen) atoms. The molecule has 1 unspecified atom stereocenters. The minimum atomic E-state index is -4.44. The molecule has 0 saturated heterocycles. The number of hydrogen-bond donors (Lipinski definition) is 1. The second-order valence-electron chi connectivity index (χ2n) is 7.08. The number of rotatable bonds is 3. The van der Waals surface area contributed by atoms with E-state index >= 15 is 0 Å². The van der Waals surface area contributed by atoms with Crippen molar-refractivity contribution in [3.63, 3.8) is 0 Å².